The summed E-state index contributed by atoms with van der Waals surface area (Å²) in [5.74, 6) is -2.20. The number of alkyl halides is 3. The molecule has 3 heterocycles. The Balaban J connectivity index is 0.000000479. The number of carbonyl (C=O) groups is 3. The van der Waals surface area contributed by atoms with E-state index in [0.717, 1.165) is 50.8 Å². The molecule has 12 heteroatoms. The third-order valence-corrected chi connectivity index (χ3v) is 7.16. The van der Waals surface area contributed by atoms with Crippen LogP contribution >= 0.6 is 0 Å². The van der Waals surface area contributed by atoms with Crippen molar-refractivity contribution in [1.82, 2.24) is 15.2 Å². The SMILES string of the molecule is CC(C)CC(=O)N1CCC2(CC[C@@H]3ON=C(C(=O)NCCc4ccncc4)[C@@H]32)CC1.O=C(O)C(F)(F)F. The fourth-order valence-corrected chi connectivity index (χ4v) is 5.29. The van der Waals surface area contributed by atoms with Crippen molar-refractivity contribution in [1.29, 1.82) is 0 Å². The number of aromatic nitrogens is 1. The van der Waals surface area contributed by atoms with Crippen molar-refractivity contribution in [2.75, 3.05) is 19.6 Å². The molecule has 0 radical (unpaired) electrons. The Bertz CT molecular complexity index is 992. The van der Waals surface area contributed by atoms with Gasteiger partial charge in [-0.2, -0.15) is 13.2 Å². The first-order valence-electron chi connectivity index (χ1n) is 12.4. The van der Waals surface area contributed by atoms with Crippen LogP contribution in [0.2, 0.25) is 0 Å². The molecule has 2 fully saturated rings. The lowest BCUT2D eigenvalue weighted by molar-refractivity contribution is -0.192. The normalized spacial score (nSPS) is 22.0. The smallest absolute Gasteiger partial charge is 0.475 e. The maximum Gasteiger partial charge on any atom is 0.490 e. The Morgan fingerprint density at radius 2 is 1.81 bits per heavy atom. The number of amides is 2. The number of carbonyl (C=O) groups excluding carboxylic acids is 2. The van der Waals surface area contributed by atoms with Gasteiger partial charge in [0, 0.05) is 38.4 Å². The molecule has 0 bridgehead atoms. The standard InChI is InChI=1S/C23H32N4O3.C2HF3O2/c1-16(2)15-19(28)27-13-8-23(9-14-27)7-3-18-20(23)21(26-30-18)22(29)25-12-6-17-4-10-24-11-5-17;3-2(4,5)1(6)7/h4-5,10-11,16,18,20H,3,6-9,12-15H2,1-2H3,(H,25,29);(H,6,7)/t18-,20+;/m0./s1. The Kier molecular flexibility index (Phi) is 9.14. The molecule has 1 aliphatic carbocycles. The zero-order valence-electron chi connectivity index (χ0n) is 21.0. The number of nitrogens with one attached hydrogen (secondary N) is 1. The number of halogens is 3. The number of rotatable bonds is 6. The van der Waals surface area contributed by atoms with Crippen molar-refractivity contribution in [3.8, 4) is 0 Å². The van der Waals surface area contributed by atoms with Gasteiger partial charge in [0.25, 0.3) is 5.91 Å². The molecule has 2 aliphatic heterocycles. The molecule has 2 N–H and O–H groups in total. The van der Waals surface area contributed by atoms with Gasteiger partial charge in [-0.15, -0.1) is 0 Å². The van der Waals surface area contributed by atoms with Gasteiger partial charge in [0.1, 0.15) is 6.10 Å². The minimum absolute atomic E-state index is 0.00358. The van der Waals surface area contributed by atoms with Crippen molar-refractivity contribution < 1.29 is 37.5 Å². The van der Waals surface area contributed by atoms with Crippen LogP contribution in [0.3, 0.4) is 0 Å². The van der Waals surface area contributed by atoms with E-state index in [9.17, 15) is 22.8 Å². The molecule has 1 saturated carbocycles. The van der Waals surface area contributed by atoms with E-state index >= 15 is 0 Å². The Labute approximate surface area is 213 Å². The summed E-state index contributed by atoms with van der Waals surface area (Å²) in [6.45, 7) is 6.26. The van der Waals surface area contributed by atoms with Gasteiger partial charge < -0.3 is 20.2 Å². The molecule has 1 aromatic heterocycles. The molecule has 3 aliphatic rings. The summed E-state index contributed by atoms with van der Waals surface area (Å²) >= 11 is 0. The first kappa shape index (κ1) is 28.4. The lowest BCUT2D eigenvalue weighted by atomic mass is 9.68. The molecule has 2 atom stereocenters. The van der Waals surface area contributed by atoms with E-state index in [1.54, 1.807) is 12.4 Å². The van der Waals surface area contributed by atoms with E-state index in [2.05, 4.69) is 29.3 Å². The zero-order valence-corrected chi connectivity index (χ0v) is 21.0. The highest BCUT2D eigenvalue weighted by atomic mass is 19.4. The van der Waals surface area contributed by atoms with Crippen LogP contribution in [0, 0.1) is 17.3 Å². The van der Waals surface area contributed by atoms with Gasteiger partial charge >= 0.3 is 12.1 Å². The summed E-state index contributed by atoms with van der Waals surface area (Å²) in [6.07, 6.45) is 3.62. The lowest BCUT2D eigenvalue weighted by Crippen LogP contribution is -2.49. The van der Waals surface area contributed by atoms with Gasteiger partial charge in [0.15, 0.2) is 5.71 Å². The van der Waals surface area contributed by atoms with Crippen molar-refractivity contribution in [3.05, 3.63) is 30.1 Å². The molecule has 1 aromatic rings. The van der Waals surface area contributed by atoms with Gasteiger partial charge in [-0.3, -0.25) is 14.6 Å². The second-order valence-electron chi connectivity index (χ2n) is 10.1. The van der Waals surface area contributed by atoms with Gasteiger partial charge in [0.2, 0.25) is 5.91 Å². The highest BCUT2D eigenvalue weighted by molar-refractivity contribution is 6.40. The minimum Gasteiger partial charge on any atom is -0.475 e. The molecular formula is C25H33F3N4O5. The first-order valence-corrected chi connectivity index (χ1v) is 12.4. The van der Waals surface area contributed by atoms with Crippen LogP contribution in [0.4, 0.5) is 13.2 Å². The number of pyridine rings is 1. The molecule has 0 unspecified atom stereocenters. The molecular weight excluding hydrogens is 493 g/mol. The summed E-state index contributed by atoms with van der Waals surface area (Å²) in [6, 6.07) is 3.91. The number of aliphatic carboxylic acids is 1. The highest BCUT2D eigenvalue weighted by Gasteiger charge is 2.57. The highest BCUT2D eigenvalue weighted by Crippen LogP contribution is 2.54. The van der Waals surface area contributed by atoms with Crippen LogP contribution in [0.1, 0.15) is 51.5 Å². The maximum absolute atomic E-state index is 12.9. The topological polar surface area (TPSA) is 121 Å². The Morgan fingerprint density at radius 3 is 2.38 bits per heavy atom. The second kappa shape index (κ2) is 11.9. The molecule has 1 saturated heterocycles. The zero-order chi connectivity index (χ0) is 27.2. The number of oxime groups is 1. The third kappa shape index (κ3) is 7.20. The first-order chi connectivity index (χ1) is 17.4. The summed E-state index contributed by atoms with van der Waals surface area (Å²) in [5, 5.41) is 14.3. The average Bonchev–Trinajstić information content (AvgIpc) is 3.41. The predicted molar refractivity (Wildman–Crippen MR) is 127 cm³/mol. The van der Waals surface area contributed by atoms with E-state index in [-0.39, 0.29) is 29.3 Å². The number of carboxylic acids is 1. The van der Waals surface area contributed by atoms with Crippen LogP contribution in [0.15, 0.2) is 29.7 Å². The number of fused-ring (bicyclic) bond motifs is 2. The molecule has 4 rings (SSSR count). The fraction of sp³-hybridized carbons (Fsp3) is 0.640. The van der Waals surface area contributed by atoms with Crippen LogP contribution in [0.25, 0.3) is 0 Å². The molecule has 204 valence electrons. The van der Waals surface area contributed by atoms with Gasteiger partial charge in [-0.25, -0.2) is 4.79 Å². The van der Waals surface area contributed by atoms with Crippen molar-refractivity contribution in [2.45, 2.75) is 64.7 Å². The minimum atomic E-state index is -5.08. The van der Waals surface area contributed by atoms with E-state index in [4.69, 9.17) is 14.7 Å². The maximum atomic E-state index is 12.9. The number of likely N-dealkylation sites (tertiary alicyclic amines) is 1. The lowest BCUT2D eigenvalue weighted by Gasteiger charge is -2.42. The average molecular weight is 527 g/mol. The van der Waals surface area contributed by atoms with Crippen LogP contribution in [-0.2, 0) is 25.6 Å². The number of hydrogen-bond acceptors (Lipinski definition) is 6. The largest absolute Gasteiger partial charge is 0.490 e. The Morgan fingerprint density at radius 1 is 1.19 bits per heavy atom. The van der Waals surface area contributed by atoms with E-state index < -0.39 is 12.1 Å². The van der Waals surface area contributed by atoms with Crippen LogP contribution in [-0.4, -0.2) is 70.4 Å². The molecule has 0 aromatic carbocycles. The van der Waals surface area contributed by atoms with Gasteiger partial charge in [0.05, 0.1) is 5.92 Å². The molecule has 37 heavy (non-hydrogen) atoms. The van der Waals surface area contributed by atoms with Gasteiger partial charge in [-0.05, 0) is 61.1 Å². The second-order valence-corrected chi connectivity index (χ2v) is 10.1. The molecule has 1 spiro atoms. The number of piperidine rings is 1. The van der Waals surface area contributed by atoms with E-state index in [0.29, 0.717) is 24.6 Å². The van der Waals surface area contributed by atoms with Crippen molar-refractivity contribution in [2.24, 2.45) is 22.4 Å². The summed E-state index contributed by atoms with van der Waals surface area (Å²) in [5.41, 5.74) is 1.72. The summed E-state index contributed by atoms with van der Waals surface area (Å²) < 4.78 is 31.7. The summed E-state index contributed by atoms with van der Waals surface area (Å²) in [7, 11) is 0. The summed E-state index contributed by atoms with van der Waals surface area (Å²) in [4.78, 5) is 45.9. The number of carboxylic acid groups (broad SMARTS) is 1. The quantitative estimate of drug-likeness (QED) is 0.587. The van der Waals surface area contributed by atoms with Crippen LogP contribution in [0.5, 0.6) is 0 Å². The van der Waals surface area contributed by atoms with E-state index in [1.165, 1.54) is 0 Å². The van der Waals surface area contributed by atoms with Crippen molar-refractivity contribution in [3.63, 3.8) is 0 Å². The van der Waals surface area contributed by atoms with Crippen LogP contribution < -0.4 is 5.32 Å². The third-order valence-electron chi connectivity index (χ3n) is 7.16. The molecule has 9 nitrogen and oxygen atoms in total. The number of hydrogen-bond donors (Lipinski definition) is 2. The van der Waals surface area contributed by atoms with Gasteiger partial charge in [-0.1, -0.05) is 19.0 Å². The molecule has 2 amide bonds. The van der Waals surface area contributed by atoms with E-state index in [1.807, 2.05) is 17.0 Å². The van der Waals surface area contributed by atoms with Crippen molar-refractivity contribution >= 4 is 23.5 Å². The number of nitrogens with zero attached hydrogens (tertiary/aromatic N) is 3. The predicted octanol–water partition coefficient (Wildman–Crippen LogP) is 3.19. The monoisotopic (exact) mass is 526 g/mol. The Hall–Kier alpha value is -3.18. The fourth-order valence-electron chi connectivity index (χ4n) is 5.29.